The van der Waals surface area contributed by atoms with Crippen molar-refractivity contribution in [2.75, 3.05) is 27.7 Å². The van der Waals surface area contributed by atoms with Gasteiger partial charge in [0, 0.05) is 0 Å². The number of nitrogens with zero attached hydrogens (tertiary/aromatic N) is 1. The molecule has 0 aromatic rings. The molecule has 0 fully saturated rings. The molecule has 0 aromatic carbocycles. The predicted molar refractivity (Wildman–Crippen MR) is 138 cm³/mol. The minimum Gasteiger partial charge on any atom is -0.373 e. The Morgan fingerprint density at radius 3 is 1.44 bits per heavy atom. The highest BCUT2D eigenvalue weighted by Crippen LogP contribution is 2.52. The van der Waals surface area contributed by atoms with E-state index in [2.05, 4.69) is 19.1 Å². The van der Waals surface area contributed by atoms with E-state index in [1.807, 2.05) is 21.1 Å². The zero-order valence-corrected chi connectivity index (χ0v) is 22.6. The van der Waals surface area contributed by atoms with Gasteiger partial charge >= 0.3 is 7.60 Å². The summed E-state index contributed by atoms with van der Waals surface area (Å²) in [5.74, 6) is 0. The molecule has 0 radical (unpaired) electrons. The van der Waals surface area contributed by atoms with Gasteiger partial charge in [0.2, 0.25) is 5.34 Å². The fourth-order valence-corrected chi connectivity index (χ4v) is 5.32. The van der Waals surface area contributed by atoms with E-state index >= 15 is 0 Å². The molecule has 0 spiro atoms. The molecule has 0 bridgehead atoms. The van der Waals surface area contributed by atoms with Gasteiger partial charge in [0.25, 0.3) is 0 Å². The molecule has 5 nitrogen and oxygen atoms in total. The summed E-state index contributed by atoms with van der Waals surface area (Å²) >= 11 is 0. The molecule has 0 amide bonds. The van der Waals surface area contributed by atoms with Gasteiger partial charge in [-0.15, -0.1) is 0 Å². The van der Waals surface area contributed by atoms with Crippen molar-refractivity contribution in [3.8, 4) is 0 Å². The number of likely N-dealkylation sites (N-methyl/N-ethyl adjacent to an activating group) is 1. The molecular weight excluding hydrogens is 421 g/mol. The molecule has 1 unspecified atom stereocenters. The third-order valence-electron chi connectivity index (χ3n) is 6.11. The molecule has 32 heavy (non-hydrogen) atoms. The lowest BCUT2D eigenvalue weighted by atomic mass is 10.0. The van der Waals surface area contributed by atoms with Crippen molar-refractivity contribution in [2.45, 2.75) is 128 Å². The smallest absolute Gasteiger partial charge is 0.362 e. The second kappa shape index (κ2) is 18.2. The molecule has 0 aliphatic heterocycles. The summed E-state index contributed by atoms with van der Waals surface area (Å²) in [6, 6.07) is 0. The summed E-state index contributed by atoms with van der Waals surface area (Å²) in [7, 11) is 0.961. The van der Waals surface area contributed by atoms with Crippen molar-refractivity contribution in [1.82, 2.24) is 0 Å². The molecule has 0 aromatic heterocycles. The molecule has 0 heterocycles. The Kier molecular flexibility index (Phi) is 18.1. The number of allylic oxidation sites excluding steroid dienone is 2. The van der Waals surface area contributed by atoms with Crippen LogP contribution in [0.25, 0.3) is 0 Å². The van der Waals surface area contributed by atoms with Crippen LogP contribution in [0.5, 0.6) is 0 Å². The van der Waals surface area contributed by atoms with Crippen LogP contribution in [0.4, 0.5) is 0 Å². The topological polar surface area (TPSA) is 77.8 Å². The van der Waals surface area contributed by atoms with Gasteiger partial charge in [0.05, 0.1) is 21.1 Å². The minimum absolute atomic E-state index is 0.0546. The largest absolute Gasteiger partial charge is 0.373 e. The van der Waals surface area contributed by atoms with E-state index in [4.69, 9.17) is 0 Å². The van der Waals surface area contributed by atoms with Crippen LogP contribution in [0.3, 0.4) is 0 Å². The van der Waals surface area contributed by atoms with E-state index in [9.17, 15) is 19.5 Å². The van der Waals surface area contributed by atoms with Crippen molar-refractivity contribution in [2.24, 2.45) is 0 Å². The fraction of sp³-hybridized carbons (Fsp3) is 0.923. The van der Waals surface area contributed by atoms with Crippen LogP contribution in [0.2, 0.25) is 0 Å². The SMILES string of the molecule is CCCCCCCCCCCCC/C=C\CCCCCCC(O)(C[N+](C)(C)C)P(=O)(O)O. The molecule has 0 saturated heterocycles. The first kappa shape index (κ1) is 31.8. The average Bonchev–Trinajstić information content (AvgIpc) is 2.67. The highest BCUT2D eigenvalue weighted by atomic mass is 31.2. The quantitative estimate of drug-likeness (QED) is 0.0670. The summed E-state index contributed by atoms with van der Waals surface area (Å²) in [6.07, 6.45) is 25.9. The summed E-state index contributed by atoms with van der Waals surface area (Å²) in [5, 5.41) is 8.62. The zero-order valence-electron chi connectivity index (χ0n) is 21.7. The first-order chi connectivity index (χ1) is 15.0. The molecule has 192 valence electrons. The van der Waals surface area contributed by atoms with Crippen LogP contribution >= 0.6 is 7.60 Å². The molecule has 1 atom stereocenters. The Bertz CT molecular complexity index is 512. The average molecular weight is 477 g/mol. The maximum Gasteiger partial charge on any atom is 0.362 e. The van der Waals surface area contributed by atoms with Gasteiger partial charge in [-0.25, -0.2) is 0 Å². The standard InChI is InChI=1S/C26H54NO4P/c1-5-6-7-8-9-10-11-12-13-14-15-16-17-18-19-20-21-22-23-24-26(28,32(29,30)31)25-27(2,3)4/h17-18,28H,5-16,19-25H2,1-4H3,(H-,29,30,31)/p+1/b18-17-. The van der Waals surface area contributed by atoms with Crippen molar-refractivity contribution >= 4 is 7.60 Å². The molecule has 0 saturated carbocycles. The lowest BCUT2D eigenvalue weighted by molar-refractivity contribution is -0.875. The first-order valence-corrected chi connectivity index (χ1v) is 14.9. The Morgan fingerprint density at radius 1 is 0.688 bits per heavy atom. The van der Waals surface area contributed by atoms with Crippen molar-refractivity contribution in [1.29, 1.82) is 0 Å². The second-order valence-electron chi connectivity index (χ2n) is 10.7. The molecule has 0 aliphatic rings. The Labute approximate surface area is 199 Å². The van der Waals surface area contributed by atoms with E-state index in [-0.39, 0.29) is 13.0 Å². The highest BCUT2D eigenvalue weighted by molar-refractivity contribution is 7.53. The fourth-order valence-electron chi connectivity index (χ4n) is 4.26. The summed E-state index contributed by atoms with van der Waals surface area (Å²) in [6.45, 7) is 2.32. The van der Waals surface area contributed by atoms with Crippen LogP contribution in [-0.4, -0.2) is 52.4 Å². The van der Waals surface area contributed by atoms with Gasteiger partial charge < -0.3 is 19.4 Å². The highest BCUT2D eigenvalue weighted by Gasteiger charge is 2.48. The number of hydrogen-bond acceptors (Lipinski definition) is 2. The molecule has 0 rings (SSSR count). The van der Waals surface area contributed by atoms with Crippen LogP contribution in [0.1, 0.15) is 122 Å². The second-order valence-corrected chi connectivity index (χ2v) is 12.6. The third kappa shape index (κ3) is 18.3. The molecule has 3 N–H and O–H groups in total. The lowest BCUT2D eigenvalue weighted by Crippen LogP contribution is -2.49. The van der Waals surface area contributed by atoms with Gasteiger partial charge in [-0.05, 0) is 38.5 Å². The van der Waals surface area contributed by atoms with Crippen LogP contribution in [-0.2, 0) is 4.57 Å². The lowest BCUT2D eigenvalue weighted by Gasteiger charge is -2.35. The third-order valence-corrected chi connectivity index (χ3v) is 7.56. The maximum absolute atomic E-state index is 11.8. The normalized spacial score (nSPS) is 14.8. The number of unbranched alkanes of at least 4 members (excludes halogenated alkanes) is 15. The Balaban J connectivity index is 3.62. The molecule has 0 aliphatic carbocycles. The number of rotatable bonds is 22. The van der Waals surface area contributed by atoms with Crippen molar-refractivity contribution in [3.05, 3.63) is 12.2 Å². The Morgan fingerprint density at radius 2 is 1.06 bits per heavy atom. The predicted octanol–water partition coefficient (Wildman–Crippen LogP) is 7.16. The van der Waals surface area contributed by atoms with Gasteiger partial charge in [-0.3, -0.25) is 4.57 Å². The monoisotopic (exact) mass is 476 g/mol. The van der Waals surface area contributed by atoms with E-state index in [1.165, 1.54) is 77.0 Å². The van der Waals surface area contributed by atoms with Crippen LogP contribution in [0.15, 0.2) is 12.2 Å². The summed E-state index contributed by atoms with van der Waals surface area (Å²) in [4.78, 5) is 19.2. The zero-order chi connectivity index (χ0) is 24.3. The van der Waals surface area contributed by atoms with E-state index < -0.39 is 12.9 Å². The maximum atomic E-state index is 11.8. The van der Waals surface area contributed by atoms with Crippen LogP contribution < -0.4 is 0 Å². The van der Waals surface area contributed by atoms with Crippen molar-refractivity contribution < 1.29 is 23.9 Å². The van der Waals surface area contributed by atoms with Gasteiger partial charge in [0.15, 0.2) is 0 Å². The summed E-state index contributed by atoms with van der Waals surface area (Å²) < 4.78 is 12.1. The van der Waals surface area contributed by atoms with E-state index in [1.54, 1.807) is 0 Å². The first-order valence-electron chi connectivity index (χ1n) is 13.3. The van der Waals surface area contributed by atoms with Gasteiger partial charge in [0.1, 0.15) is 6.54 Å². The number of quaternary nitrogens is 1. The van der Waals surface area contributed by atoms with Crippen LogP contribution in [0, 0.1) is 0 Å². The van der Waals surface area contributed by atoms with Crippen molar-refractivity contribution in [3.63, 3.8) is 0 Å². The summed E-state index contributed by atoms with van der Waals surface area (Å²) in [5.41, 5.74) is 0. The van der Waals surface area contributed by atoms with E-state index in [0.29, 0.717) is 10.9 Å². The molecular formula is C26H55NO4P+. The van der Waals surface area contributed by atoms with Gasteiger partial charge in [-0.1, -0.05) is 96.1 Å². The Hall–Kier alpha value is -0.190. The number of hydrogen-bond donors (Lipinski definition) is 3. The van der Waals surface area contributed by atoms with E-state index in [0.717, 1.165) is 25.7 Å². The number of aliphatic hydroxyl groups is 1. The minimum atomic E-state index is -4.55. The molecule has 6 heteroatoms. The van der Waals surface area contributed by atoms with Gasteiger partial charge in [-0.2, -0.15) is 0 Å².